The number of hydrogen-bond acceptors (Lipinski definition) is 1. The fourth-order valence-electron chi connectivity index (χ4n) is 2.64. The van der Waals surface area contributed by atoms with E-state index < -0.39 is 6.08 Å². The fourth-order valence-corrected chi connectivity index (χ4v) is 2.64. The lowest BCUT2D eigenvalue weighted by atomic mass is 10.00. The summed E-state index contributed by atoms with van der Waals surface area (Å²) in [6.45, 7) is 2.52. The lowest BCUT2D eigenvalue weighted by Crippen LogP contribution is -1.92. The first kappa shape index (κ1) is 16.9. The molecule has 0 heterocycles. The highest BCUT2D eigenvalue weighted by Crippen LogP contribution is 2.27. The van der Waals surface area contributed by atoms with Gasteiger partial charge >= 0.3 is 0 Å². The van der Waals surface area contributed by atoms with Crippen LogP contribution in [0.4, 0.5) is 8.78 Å². The molecule has 0 aliphatic heterocycles. The molecular weight excluding hydrogens is 318 g/mol. The van der Waals surface area contributed by atoms with Gasteiger partial charge in [-0.05, 0) is 58.7 Å². The summed E-state index contributed by atoms with van der Waals surface area (Å²) in [4.78, 5) is 0. The zero-order chi connectivity index (χ0) is 17.6. The van der Waals surface area contributed by atoms with Crippen molar-refractivity contribution in [3.63, 3.8) is 0 Å². The average Bonchev–Trinajstić information content (AvgIpc) is 2.62. The summed E-state index contributed by atoms with van der Waals surface area (Å²) >= 11 is 0. The number of benzene rings is 3. The van der Waals surface area contributed by atoms with Gasteiger partial charge in [0.05, 0.1) is 0 Å². The molecule has 3 aromatic carbocycles. The highest BCUT2D eigenvalue weighted by molar-refractivity contribution is 5.89. The van der Waals surface area contributed by atoms with Gasteiger partial charge in [0.1, 0.15) is 12.4 Å². The van der Waals surface area contributed by atoms with E-state index in [2.05, 4.69) is 6.07 Å². The SMILES string of the molecule is CC=CCOc1ccc(-c2ccc3cc(C=C(F)F)ccc3c2)cc1. The van der Waals surface area contributed by atoms with Crippen LogP contribution in [-0.4, -0.2) is 6.61 Å². The summed E-state index contributed by atoms with van der Waals surface area (Å²) in [5.74, 6) is 0.826. The van der Waals surface area contributed by atoms with Gasteiger partial charge in [0, 0.05) is 6.08 Å². The highest BCUT2D eigenvalue weighted by atomic mass is 19.3. The van der Waals surface area contributed by atoms with E-state index in [-0.39, 0.29) is 0 Å². The average molecular weight is 336 g/mol. The van der Waals surface area contributed by atoms with E-state index in [1.807, 2.05) is 61.5 Å². The number of allylic oxidation sites excluding steroid dienone is 1. The molecule has 0 atom stereocenters. The Bertz CT molecular complexity index is 920. The monoisotopic (exact) mass is 336 g/mol. The minimum absolute atomic E-state index is 0.503. The van der Waals surface area contributed by atoms with Crippen LogP contribution < -0.4 is 4.74 Å². The van der Waals surface area contributed by atoms with Gasteiger partial charge in [-0.25, -0.2) is 0 Å². The van der Waals surface area contributed by atoms with Crippen LogP contribution in [0.25, 0.3) is 28.0 Å². The number of halogens is 2. The number of hydrogen-bond donors (Lipinski definition) is 0. The number of ether oxygens (including phenoxy) is 1. The molecule has 0 amide bonds. The molecule has 0 unspecified atom stereocenters. The van der Waals surface area contributed by atoms with Gasteiger partial charge in [-0.3, -0.25) is 0 Å². The summed E-state index contributed by atoms with van der Waals surface area (Å²) in [6, 6.07) is 19.3. The molecule has 0 spiro atoms. The quantitative estimate of drug-likeness (QED) is 0.471. The number of fused-ring (bicyclic) bond motifs is 1. The van der Waals surface area contributed by atoms with Crippen molar-refractivity contribution in [2.45, 2.75) is 6.92 Å². The van der Waals surface area contributed by atoms with Crippen molar-refractivity contribution in [3.05, 3.63) is 84.5 Å². The van der Waals surface area contributed by atoms with E-state index in [4.69, 9.17) is 4.74 Å². The van der Waals surface area contributed by atoms with Crippen LogP contribution >= 0.6 is 0 Å². The molecule has 0 aliphatic carbocycles. The molecule has 0 bridgehead atoms. The Labute approximate surface area is 145 Å². The Kier molecular flexibility index (Phi) is 5.24. The molecule has 0 fully saturated rings. The Hall–Kier alpha value is -2.94. The van der Waals surface area contributed by atoms with Gasteiger partial charge in [0.2, 0.25) is 0 Å². The summed E-state index contributed by atoms with van der Waals surface area (Å²) in [7, 11) is 0. The normalized spacial score (nSPS) is 11.0. The molecule has 0 saturated heterocycles. The molecule has 0 aromatic heterocycles. The van der Waals surface area contributed by atoms with E-state index in [9.17, 15) is 8.78 Å². The van der Waals surface area contributed by atoms with Crippen LogP contribution in [0.15, 0.2) is 78.9 Å². The van der Waals surface area contributed by atoms with E-state index in [1.165, 1.54) is 0 Å². The summed E-state index contributed by atoms with van der Waals surface area (Å²) < 4.78 is 30.4. The van der Waals surface area contributed by atoms with Crippen molar-refractivity contribution in [3.8, 4) is 16.9 Å². The van der Waals surface area contributed by atoms with Crippen molar-refractivity contribution < 1.29 is 13.5 Å². The van der Waals surface area contributed by atoms with Gasteiger partial charge in [-0.15, -0.1) is 0 Å². The molecular formula is C22H18F2O. The Morgan fingerprint density at radius 1 is 0.880 bits per heavy atom. The van der Waals surface area contributed by atoms with E-state index >= 15 is 0 Å². The van der Waals surface area contributed by atoms with Gasteiger partial charge in [0.15, 0.2) is 0 Å². The highest BCUT2D eigenvalue weighted by Gasteiger charge is 2.02. The first-order chi connectivity index (χ1) is 12.2. The second-order valence-electron chi connectivity index (χ2n) is 5.66. The summed E-state index contributed by atoms with van der Waals surface area (Å²) in [6.07, 6.45) is 3.09. The van der Waals surface area contributed by atoms with Crippen molar-refractivity contribution in [2.75, 3.05) is 6.61 Å². The van der Waals surface area contributed by atoms with Crippen LogP contribution in [0.2, 0.25) is 0 Å². The Balaban J connectivity index is 1.85. The van der Waals surface area contributed by atoms with E-state index in [0.29, 0.717) is 12.2 Å². The Morgan fingerprint density at radius 3 is 2.28 bits per heavy atom. The molecule has 1 nitrogen and oxygen atoms in total. The lowest BCUT2D eigenvalue weighted by Gasteiger charge is -2.07. The third-order valence-electron chi connectivity index (χ3n) is 3.91. The van der Waals surface area contributed by atoms with Crippen molar-refractivity contribution in [2.24, 2.45) is 0 Å². The Morgan fingerprint density at radius 2 is 1.56 bits per heavy atom. The standard InChI is InChI=1S/C22H18F2O/c1-2-3-12-25-21-10-8-17(9-11-21)19-7-6-18-13-16(14-22(23)24)4-5-20(18)15-19/h2-11,13-15H,12H2,1H3. The second-order valence-corrected chi connectivity index (χ2v) is 5.66. The number of rotatable bonds is 5. The van der Waals surface area contributed by atoms with Crippen LogP contribution in [0.3, 0.4) is 0 Å². The maximum absolute atomic E-state index is 12.4. The van der Waals surface area contributed by atoms with E-state index in [1.54, 1.807) is 12.1 Å². The molecule has 3 heteroatoms. The smallest absolute Gasteiger partial charge is 0.270 e. The van der Waals surface area contributed by atoms with Crippen LogP contribution in [-0.2, 0) is 0 Å². The van der Waals surface area contributed by atoms with Crippen LogP contribution in [0.1, 0.15) is 12.5 Å². The topological polar surface area (TPSA) is 9.23 Å². The van der Waals surface area contributed by atoms with Crippen molar-refractivity contribution in [1.82, 2.24) is 0 Å². The molecule has 25 heavy (non-hydrogen) atoms. The molecule has 3 aromatic rings. The minimum Gasteiger partial charge on any atom is -0.490 e. The van der Waals surface area contributed by atoms with Crippen molar-refractivity contribution >= 4 is 16.8 Å². The zero-order valence-corrected chi connectivity index (χ0v) is 13.9. The molecule has 126 valence electrons. The second kappa shape index (κ2) is 7.75. The van der Waals surface area contributed by atoms with Gasteiger partial charge in [-0.1, -0.05) is 48.6 Å². The molecule has 0 saturated carbocycles. The first-order valence-corrected chi connectivity index (χ1v) is 8.06. The van der Waals surface area contributed by atoms with Crippen LogP contribution in [0, 0.1) is 0 Å². The third kappa shape index (κ3) is 4.32. The molecule has 0 aliphatic rings. The maximum Gasteiger partial charge on any atom is 0.270 e. The fraction of sp³-hybridized carbons (Fsp3) is 0.0909. The van der Waals surface area contributed by atoms with Gasteiger partial charge < -0.3 is 4.74 Å². The maximum atomic E-state index is 12.4. The lowest BCUT2D eigenvalue weighted by molar-refractivity contribution is 0.363. The van der Waals surface area contributed by atoms with Gasteiger partial charge in [0.25, 0.3) is 6.08 Å². The summed E-state index contributed by atoms with van der Waals surface area (Å²) in [5, 5.41) is 1.95. The van der Waals surface area contributed by atoms with Crippen LogP contribution in [0.5, 0.6) is 5.75 Å². The molecule has 3 rings (SSSR count). The molecule has 0 N–H and O–H groups in total. The van der Waals surface area contributed by atoms with Gasteiger partial charge in [-0.2, -0.15) is 8.78 Å². The first-order valence-electron chi connectivity index (χ1n) is 8.06. The largest absolute Gasteiger partial charge is 0.490 e. The predicted octanol–water partition coefficient (Wildman–Crippen LogP) is 6.70. The van der Waals surface area contributed by atoms with Crippen molar-refractivity contribution in [1.29, 1.82) is 0 Å². The third-order valence-corrected chi connectivity index (χ3v) is 3.91. The minimum atomic E-state index is -1.69. The summed E-state index contributed by atoms with van der Waals surface area (Å²) in [5.41, 5.74) is 2.66. The van der Waals surface area contributed by atoms with E-state index in [0.717, 1.165) is 33.7 Å². The predicted molar refractivity (Wildman–Crippen MR) is 99.9 cm³/mol. The molecule has 0 radical (unpaired) electrons. The zero-order valence-electron chi connectivity index (χ0n) is 13.9.